The topological polar surface area (TPSA) is 104 Å². The largest absolute Gasteiger partial charge is 0.506 e. The van der Waals surface area contributed by atoms with Crippen LogP contribution in [0.25, 0.3) is 0 Å². The molecule has 0 spiro atoms. The molecular weight excluding hydrogens is 310 g/mol. The van der Waals surface area contributed by atoms with E-state index in [1.807, 2.05) is 0 Å². The number of hydrogen-bond donors (Lipinski definition) is 3. The van der Waals surface area contributed by atoms with Crippen LogP contribution in [0.2, 0.25) is 5.02 Å². The lowest BCUT2D eigenvalue weighted by atomic mass is 10.2. The molecule has 8 heteroatoms. The van der Waals surface area contributed by atoms with Crippen molar-refractivity contribution in [1.82, 2.24) is 0 Å². The maximum absolute atomic E-state index is 12.0. The first-order valence-corrected chi connectivity index (χ1v) is 6.57. The lowest BCUT2D eigenvalue weighted by Gasteiger charge is -2.12. The van der Waals surface area contributed by atoms with Gasteiger partial charge in [-0.3, -0.25) is 10.1 Å². The molecule has 0 radical (unpaired) electrons. The molecule has 2 aromatic carbocycles. The summed E-state index contributed by atoms with van der Waals surface area (Å²) in [6, 6.07) is 7.79. The van der Waals surface area contributed by atoms with Gasteiger partial charge in [0.05, 0.1) is 21.3 Å². The van der Waals surface area contributed by atoms with Crippen molar-refractivity contribution in [1.29, 1.82) is 0 Å². The van der Waals surface area contributed by atoms with Crippen LogP contribution >= 0.6 is 11.6 Å². The Morgan fingerprint density at radius 2 is 2.00 bits per heavy atom. The Hall–Kier alpha value is -2.80. The van der Waals surface area contributed by atoms with Crippen LogP contribution in [0.3, 0.4) is 0 Å². The third-order valence-corrected chi connectivity index (χ3v) is 3.21. The number of nitro groups is 1. The molecule has 2 aromatic rings. The zero-order valence-corrected chi connectivity index (χ0v) is 12.2. The zero-order chi connectivity index (χ0) is 16.3. The number of nitrogens with one attached hydrogen (secondary N) is 2. The molecule has 0 unspecified atom stereocenters. The van der Waals surface area contributed by atoms with Crippen LogP contribution in [-0.2, 0) is 0 Å². The second-order valence-corrected chi connectivity index (χ2v) is 4.88. The van der Waals surface area contributed by atoms with Crippen LogP contribution in [0.1, 0.15) is 5.56 Å². The fourth-order valence-electron chi connectivity index (χ4n) is 1.80. The van der Waals surface area contributed by atoms with Crippen molar-refractivity contribution in [3.05, 3.63) is 57.1 Å². The molecule has 2 amide bonds. The number of nitro benzene ring substituents is 1. The van der Waals surface area contributed by atoms with E-state index in [0.717, 1.165) is 23.8 Å². The van der Waals surface area contributed by atoms with Gasteiger partial charge in [0.2, 0.25) is 0 Å². The summed E-state index contributed by atoms with van der Waals surface area (Å²) >= 11 is 5.99. The minimum absolute atomic E-state index is 0.0728. The highest BCUT2D eigenvalue weighted by molar-refractivity contribution is 6.34. The van der Waals surface area contributed by atoms with Crippen LogP contribution in [0.15, 0.2) is 36.4 Å². The Balaban J connectivity index is 2.19. The van der Waals surface area contributed by atoms with Gasteiger partial charge >= 0.3 is 6.03 Å². The first-order chi connectivity index (χ1) is 10.4. The molecule has 7 nitrogen and oxygen atoms in total. The first kappa shape index (κ1) is 15.6. The number of anilines is 2. The Bertz CT molecular complexity index is 729. The molecule has 22 heavy (non-hydrogen) atoms. The van der Waals surface area contributed by atoms with Crippen molar-refractivity contribution < 1.29 is 14.8 Å². The van der Waals surface area contributed by atoms with Crippen LogP contribution in [0.4, 0.5) is 21.9 Å². The number of phenolic OH excluding ortho intramolecular Hbond substituents is 1. The summed E-state index contributed by atoms with van der Waals surface area (Å²) < 4.78 is 0. The molecule has 0 aliphatic carbocycles. The second-order valence-electron chi connectivity index (χ2n) is 4.47. The number of benzene rings is 2. The number of halogens is 1. The summed E-state index contributed by atoms with van der Waals surface area (Å²) in [5.74, 6) is -0.281. The van der Waals surface area contributed by atoms with Crippen LogP contribution in [-0.4, -0.2) is 16.1 Å². The SMILES string of the molecule is Cc1cccc(Cl)c1NC(=O)Nc1cc([N+](=O)[O-])ccc1O. The molecule has 0 aliphatic heterocycles. The lowest BCUT2D eigenvalue weighted by molar-refractivity contribution is -0.384. The van der Waals surface area contributed by atoms with Crippen LogP contribution in [0, 0.1) is 17.0 Å². The van der Waals surface area contributed by atoms with E-state index in [9.17, 15) is 20.0 Å². The summed E-state index contributed by atoms with van der Waals surface area (Å²) in [6.45, 7) is 1.77. The van der Waals surface area contributed by atoms with E-state index in [0.29, 0.717) is 10.7 Å². The minimum atomic E-state index is -0.674. The lowest BCUT2D eigenvalue weighted by Crippen LogP contribution is -2.20. The van der Waals surface area contributed by atoms with Gasteiger partial charge in [-0.15, -0.1) is 0 Å². The molecule has 0 bridgehead atoms. The molecule has 0 saturated heterocycles. The number of urea groups is 1. The molecule has 0 aromatic heterocycles. The molecule has 0 saturated carbocycles. The Kier molecular flexibility index (Phi) is 4.47. The number of phenols is 1. The van der Waals surface area contributed by atoms with E-state index in [1.165, 1.54) is 0 Å². The Morgan fingerprint density at radius 1 is 1.27 bits per heavy atom. The van der Waals surface area contributed by atoms with E-state index < -0.39 is 11.0 Å². The predicted molar refractivity (Wildman–Crippen MR) is 83.6 cm³/mol. The molecule has 2 rings (SSSR count). The van der Waals surface area contributed by atoms with E-state index in [1.54, 1.807) is 25.1 Å². The number of amides is 2. The number of para-hydroxylation sites is 1. The van der Waals surface area contributed by atoms with Gasteiger partial charge in [-0.1, -0.05) is 23.7 Å². The normalized spacial score (nSPS) is 10.1. The number of hydrogen-bond acceptors (Lipinski definition) is 4. The number of rotatable bonds is 3. The summed E-state index contributed by atoms with van der Waals surface area (Å²) in [4.78, 5) is 22.0. The molecule has 0 heterocycles. The van der Waals surface area contributed by atoms with Crippen LogP contribution in [0.5, 0.6) is 5.75 Å². The van der Waals surface area contributed by atoms with Crippen molar-refractivity contribution in [2.75, 3.05) is 10.6 Å². The van der Waals surface area contributed by atoms with Crippen molar-refractivity contribution in [2.45, 2.75) is 6.92 Å². The number of non-ortho nitro benzene ring substituents is 1. The quantitative estimate of drug-likeness (QED) is 0.453. The third-order valence-electron chi connectivity index (χ3n) is 2.90. The van der Waals surface area contributed by atoms with Gasteiger partial charge in [0.1, 0.15) is 5.75 Å². The number of carbonyl (C=O) groups excluding carboxylic acids is 1. The maximum atomic E-state index is 12.0. The van der Waals surface area contributed by atoms with Gasteiger partial charge in [0.25, 0.3) is 5.69 Å². The van der Waals surface area contributed by atoms with E-state index >= 15 is 0 Å². The summed E-state index contributed by atoms with van der Waals surface area (Å²) in [7, 11) is 0. The van der Waals surface area contributed by atoms with Gasteiger partial charge in [0, 0.05) is 12.1 Å². The van der Waals surface area contributed by atoms with Crippen molar-refractivity contribution in [2.24, 2.45) is 0 Å². The number of nitrogens with zero attached hydrogens (tertiary/aromatic N) is 1. The summed E-state index contributed by atoms with van der Waals surface area (Å²) in [5.41, 5.74) is 0.857. The highest BCUT2D eigenvalue weighted by Gasteiger charge is 2.14. The molecule has 3 N–H and O–H groups in total. The average Bonchev–Trinajstić information content (AvgIpc) is 2.45. The fourth-order valence-corrected chi connectivity index (χ4v) is 2.06. The standard InChI is InChI=1S/C14H12ClN3O4/c1-8-3-2-4-10(15)13(8)17-14(20)16-11-7-9(18(21)22)5-6-12(11)19/h2-7,19H,1H3,(H2,16,17,20). The third kappa shape index (κ3) is 3.44. The molecule has 114 valence electrons. The van der Waals surface area contributed by atoms with Gasteiger partial charge in [-0.25, -0.2) is 4.79 Å². The first-order valence-electron chi connectivity index (χ1n) is 6.19. The fraction of sp³-hybridized carbons (Fsp3) is 0.0714. The van der Waals surface area contributed by atoms with Gasteiger partial charge in [-0.2, -0.15) is 0 Å². The summed E-state index contributed by atoms with van der Waals surface area (Å²) in [6.07, 6.45) is 0. The average molecular weight is 322 g/mol. The summed E-state index contributed by atoms with van der Waals surface area (Å²) in [5, 5.41) is 25.6. The van der Waals surface area contributed by atoms with Crippen LogP contribution < -0.4 is 10.6 Å². The highest BCUT2D eigenvalue weighted by Crippen LogP contribution is 2.29. The Morgan fingerprint density at radius 3 is 2.64 bits per heavy atom. The van der Waals surface area contributed by atoms with Gasteiger partial charge < -0.3 is 15.7 Å². The van der Waals surface area contributed by atoms with Crippen molar-refractivity contribution in [3.63, 3.8) is 0 Å². The van der Waals surface area contributed by atoms with Crippen molar-refractivity contribution >= 4 is 34.7 Å². The molecule has 0 fully saturated rings. The smallest absolute Gasteiger partial charge is 0.323 e. The molecule has 0 atom stereocenters. The van der Waals surface area contributed by atoms with Crippen molar-refractivity contribution in [3.8, 4) is 5.75 Å². The van der Waals surface area contributed by atoms with Gasteiger partial charge in [0.15, 0.2) is 0 Å². The zero-order valence-electron chi connectivity index (χ0n) is 11.5. The molecular formula is C14H12ClN3O4. The monoisotopic (exact) mass is 321 g/mol. The number of aryl methyl sites for hydroxylation is 1. The highest BCUT2D eigenvalue weighted by atomic mass is 35.5. The van der Waals surface area contributed by atoms with E-state index in [4.69, 9.17) is 11.6 Å². The number of aromatic hydroxyl groups is 1. The second kappa shape index (κ2) is 6.31. The maximum Gasteiger partial charge on any atom is 0.323 e. The minimum Gasteiger partial charge on any atom is -0.506 e. The number of carbonyl (C=O) groups is 1. The molecule has 0 aliphatic rings. The Labute approximate surface area is 130 Å². The van der Waals surface area contributed by atoms with Gasteiger partial charge in [-0.05, 0) is 24.6 Å². The van der Waals surface area contributed by atoms with E-state index in [2.05, 4.69) is 10.6 Å². The predicted octanol–water partition coefficient (Wildman–Crippen LogP) is 3.91. The van der Waals surface area contributed by atoms with E-state index in [-0.39, 0.29) is 17.1 Å².